The normalized spacial score (nSPS) is 24.0. The number of nitrogens with zero attached hydrogens (tertiary/aromatic N) is 1. The second kappa shape index (κ2) is 5.64. The summed E-state index contributed by atoms with van der Waals surface area (Å²) in [7, 11) is -2.87. The minimum atomic E-state index is -2.87. The smallest absolute Gasteiger partial charge is 0.150 e. The van der Waals surface area contributed by atoms with Crippen LogP contribution in [0.5, 0.6) is 0 Å². The Bertz CT molecular complexity index is 504. The molecular weight excluding hydrogens is 318 g/mol. The average Bonchev–Trinajstić information content (AvgIpc) is 2.69. The van der Waals surface area contributed by atoms with Crippen LogP contribution >= 0.6 is 15.9 Å². The fourth-order valence-corrected chi connectivity index (χ4v) is 4.37. The zero-order chi connectivity index (χ0) is 13.2. The van der Waals surface area contributed by atoms with Gasteiger partial charge in [-0.05, 0) is 40.4 Å². The number of sulfone groups is 1. The molecule has 1 aliphatic heterocycles. The quantitative estimate of drug-likeness (QED) is 0.624. The molecule has 1 aromatic heterocycles. The molecule has 1 fully saturated rings. The topological polar surface area (TPSA) is 85.1 Å². The van der Waals surface area contributed by atoms with Crippen molar-refractivity contribution in [3.63, 3.8) is 0 Å². The largest absolute Gasteiger partial charge is 0.271 e. The van der Waals surface area contributed by atoms with E-state index in [-0.39, 0.29) is 23.5 Å². The number of nitrogens with two attached hydrogens (primary N) is 1. The summed E-state index contributed by atoms with van der Waals surface area (Å²) in [4.78, 5) is 4.28. The standard InChI is InChI=1S/C11H16BrN3O2S/c12-9-1-2-10(14-6-9)5-11(15-13)8-3-4-18(16,17)7-8/h1-2,6,8,11,15H,3-5,7,13H2. The predicted octanol–water partition coefficient (Wildman–Crippen LogP) is 0.653. The van der Waals surface area contributed by atoms with E-state index in [1.54, 1.807) is 6.20 Å². The Morgan fingerprint density at radius 1 is 1.56 bits per heavy atom. The number of aromatic nitrogens is 1. The van der Waals surface area contributed by atoms with Crippen LogP contribution in [-0.4, -0.2) is 30.9 Å². The van der Waals surface area contributed by atoms with Crippen molar-refractivity contribution >= 4 is 25.8 Å². The van der Waals surface area contributed by atoms with Crippen LogP contribution in [0, 0.1) is 5.92 Å². The van der Waals surface area contributed by atoms with Crippen molar-refractivity contribution < 1.29 is 8.42 Å². The third kappa shape index (κ3) is 3.50. The maximum absolute atomic E-state index is 11.5. The lowest BCUT2D eigenvalue weighted by Gasteiger charge is -2.21. The van der Waals surface area contributed by atoms with Gasteiger partial charge in [0.25, 0.3) is 0 Å². The Kier molecular flexibility index (Phi) is 4.37. The minimum absolute atomic E-state index is 0.0454. The summed E-state index contributed by atoms with van der Waals surface area (Å²) >= 11 is 3.33. The molecule has 2 unspecified atom stereocenters. The van der Waals surface area contributed by atoms with Crippen molar-refractivity contribution in [1.82, 2.24) is 10.4 Å². The summed E-state index contributed by atoms with van der Waals surface area (Å²) in [6, 6.07) is 3.79. The van der Waals surface area contributed by atoms with Crippen molar-refractivity contribution in [3.05, 3.63) is 28.5 Å². The van der Waals surface area contributed by atoms with Gasteiger partial charge in [-0.3, -0.25) is 16.3 Å². The third-order valence-corrected chi connectivity index (χ3v) is 5.53. The first kappa shape index (κ1) is 13.9. The Hall–Kier alpha value is -0.500. The van der Waals surface area contributed by atoms with Crippen molar-refractivity contribution in [2.75, 3.05) is 11.5 Å². The second-order valence-corrected chi connectivity index (χ2v) is 7.75. The Balaban J connectivity index is 2.04. The summed E-state index contributed by atoms with van der Waals surface area (Å²) in [5, 5.41) is 0. The average molecular weight is 334 g/mol. The second-order valence-electron chi connectivity index (χ2n) is 4.61. The molecule has 0 saturated carbocycles. The highest BCUT2D eigenvalue weighted by atomic mass is 79.9. The molecule has 2 atom stereocenters. The highest BCUT2D eigenvalue weighted by Crippen LogP contribution is 2.23. The molecule has 1 aliphatic rings. The van der Waals surface area contributed by atoms with Crippen LogP contribution in [0.3, 0.4) is 0 Å². The highest BCUT2D eigenvalue weighted by Gasteiger charge is 2.33. The maximum Gasteiger partial charge on any atom is 0.150 e. The number of halogens is 1. The first-order valence-electron chi connectivity index (χ1n) is 5.77. The zero-order valence-electron chi connectivity index (χ0n) is 9.84. The van der Waals surface area contributed by atoms with E-state index < -0.39 is 9.84 Å². The van der Waals surface area contributed by atoms with Gasteiger partial charge in [0.05, 0.1) is 11.5 Å². The van der Waals surface area contributed by atoms with Gasteiger partial charge in [0, 0.05) is 28.8 Å². The molecule has 18 heavy (non-hydrogen) atoms. The van der Waals surface area contributed by atoms with E-state index in [1.165, 1.54) is 0 Å². The van der Waals surface area contributed by atoms with Crippen LogP contribution in [0.1, 0.15) is 12.1 Å². The van der Waals surface area contributed by atoms with Crippen molar-refractivity contribution in [2.24, 2.45) is 11.8 Å². The first-order chi connectivity index (χ1) is 8.50. The molecule has 0 aliphatic carbocycles. The van der Waals surface area contributed by atoms with Gasteiger partial charge in [-0.15, -0.1) is 0 Å². The number of rotatable bonds is 4. The molecule has 0 bridgehead atoms. The van der Waals surface area contributed by atoms with Gasteiger partial charge in [-0.2, -0.15) is 0 Å². The Morgan fingerprint density at radius 2 is 2.33 bits per heavy atom. The summed E-state index contributed by atoms with van der Waals surface area (Å²) in [6.45, 7) is 0. The van der Waals surface area contributed by atoms with E-state index in [0.29, 0.717) is 12.8 Å². The third-order valence-electron chi connectivity index (χ3n) is 3.27. The van der Waals surface area contributed by atoms with E-state index in [1.807, 2.05) is 12.1 Å². The Morgan fingerprint density at radius 3 is 2.83 bits per heavy atom. The van der Waals surface area contributed by atoms with Crippen molar-refractivity contribution in [2.45, 2.75) is 18.9 Å². The van der Waals surface area contributed by atoms with Crippen LogP contribution in [-0.2, 0) is 16.3 Å². The molecule has 2 heterocycles. The fourth-order valence-electron chi connectivity index (χ4n) is 2.26. The summed E-state index contributed by atoms with van der Waals surface area (Å²) in [5.41, 5.74) is 3.64. The lowest BCUT2D eigenvalue weighted by atomic mass is 9.95. The molecule has 100 valence electrons. The van der Waals surface area contributed by atoms with Crippen LogP contribution in [0.2, 0.25) is 0 Å². The monoisotopic (exact) mass is 333 g/mol. The number of pyridine rings is 1. The van der Waals surface area contributed by atoms with Gasteiger partial charge in [0.1, 0.15) is 0 Å². The molecule has 0 amide bonds. The van der Waals surface area contributed by atoms with Crippen LogP contribution < -0.4 is 11.3 Å². The Labute approximate surface area is 115 Å². The van der Waals surface area contributed by atoms with Crippen molar-refractivity contribution in [1.29, 1.82) is 0 Å². The first-order valence-corrected chi connectivity index (χ1v) is 8.38. The summed E-state index contributed by atoms with van der Waals surface area (Å²) in [6.07, 6.45) is 3.05. The van der Waals surface area contributed by atoms with Gasteiger partial charge in [0.2, 0.25) is 0 Å². The van der Waals surface area contributed by atoms with Gasteiger partial charge in [0.15, 0.2) is 9.84 Å². The van der Waals surface area contributed by atoms with Crippen molar-refractivity contribution in [3.8, 4) is 0 Å². The van der Waals surface area contributed by atoms with Gasteiger partial charge < -0.3 is 0 Å². The maximum atomic E-state index is 11.5. The molecule has 7 heteroatoms. The van der Waals surface area contributed by atoms with E-state index in [9.17, 15) is 8.42 Å². The lowest BCUT2D eigenvalue weighted by Crippen LogP contribution is -2.43. The number of hydrazine groups is 1. The summed E-state index contributed by atoms with van der Waals surface area (Å²) in [5.74, 6) is 6.10. The predicted molar refractivity (Wildman–Crippen MR) is 73.5 cm³/mol. The molecule has 0 spiro atoms. The zero-order valence-corrected chi connectivity index (χ0v) is 12.2. The van der Waals surface area contributed by atoms with E-state index in [0.717, 1.165) is 10.2 Å². The molecule has 1 aromatic rings. The molecule has 5 nitrogen and oxygen atoms in total. The van der Waals surface area contributed by atoms with Crippen LogP contribution in [0.15, 0.2) is 22.8 Å². The number of nitrogens with one attached hydrogen (secondary N) is 1. The van der Waals surface area contributed by atoms with Crippen LogP contribution in [0.4, 0.5) is 0 Å². The SMILES string of the molecule is NNC(Cc1ccc(Br)cn1)C1CCS(=O)(=O)C1. The molecule has 2 rings (SSSR count). The molecule has 0 aromatic carbocycles. The van der Waals surface area contributed by atoms with E-state index in [4.69, 9.17) is 5.84 Å². The summed E-state index contributed by atoms with van der Waals surface area (Å²) < 4.78 is 23.9. The molecule has 0 radical (unpaired) electrons. The molecule has 1 saturated heterocycles. The number of hydrogen-bond donors (Lipinski definition) is 2. The van der Waals surface area contributed by atoms with Crippen LogP contribution in [0.25, 0.3) is 0 Å². The van der Waals surface area contributed by atoms with Gasteiger partial charge in [-0.1, -0.05) is 0 Å². The highest BCUT2D eigenvalue weighted by molar-refractivity contribution is 9.10. The minimum Gasteiger partial charge on any atom is -0.271 e. The van der Waals surface area contributed by atoms with Gasteiger partial charge in [-0.25, -0.2) is 8.42 Å². The van der Waals surface area contributed by atoms with E-state index in [2.05, 4.69) is 26.3 Å². The molecular formula is C11H16BrN3O2S. The van der Waals surface area contributed by atoms with Gasteiger partial charge >= 0.3 is 0 Å². The fraction of sp³-hybridized carbons (Fsp3) is 0.545. The lowest BCUT2D eigenvalue weighted by molar-refractivity contribution is 0.382. The molecule has 3 N–H and O–H groups in total. The number of hydrogen-bond acceptors (Lipinski definition) is 5. The van der Waals surface area contributed by atoms with E-state index >= 15 is 0 Å².